The number of rotatable bonds is 10. The molecule has 6 nitrogen and oxygen atoms in total. The van der Waals surface area contributed by atoms with Crippen molar-refractivity contribution in [1.82, 2.24) is 0 Å². The summed E-state index contributed by atoms with van der Waals surface area (Å²) in [6.45, 7) is 26.0. The molecule has 2 heterocycles. The van der Waals surface area contributed by atoms with Crippen LogP contribution < -0.4 is 0 Å². The van der Waals surface area contributed by atoms with Crippen LogP contribution >= 0.6 is 0 Å². The zero-order valence-corrected chi connectivity index (χ0v) is 23.0. The molecule has 0 radical (unpaired) electrons. The van der Waals surface area contributed by atoms with Gasteiger partial charge in [0.25, 0.3) is 0 Å². The van der Waals surface area contributed by atoms with Gasteiger partial charge >= 0.3 is 0 Å². The lowest BCUT2D eigenvalue weighted by Gasteiger charge is -2.36. The van der Waals surface area contributed by atoms with Gasteiger partial charge in [-0.1, -0.05) is 41.5 Å². The Bertz CT molecular complexity index is 493. The highest BCUT2D eigenvalue weighted by Gasteiger charge is 2.49. The second-order valence-electron chi connectivity index (χ2n) is 11.6. The molecule has 0 bridgehead atoms. The number of hydrogen-bond donors (Lipinski definition) is 0. The topological polar surface area (TPSA) is 55.4 Å². The highest BCUT2D eigenvalue weighted by Crippen LogP contribution is 2.37. The molecule has 30 heavy (non-hydrogen) atoms. The molecule has 178 valence electrons. The van der Waals surface area contributed by atoms with Gasteiger partial charge in [-0.05, 0) is 36.3 Å². The third kappa shape index (κ3) is 6.60. The van der Waals surface area contributed by atoms with E-state index < -0.39 is 16.6 Å². The molecule has 0 unspecified atom stereocenters. The lowest BCUT2D eigenvalue weighted by Crippen LogP contribution is -2.42. The SMILES string of the molecule is CC(C)(C)[Si](C)(C)OCCO[C@H]1CO[C@H]2[C@@H]1OC[C@H]2OCCO[Si](C)(C)C(C)(C)C. The maximum absolute atomic E-state index is 6.20. The normalized spacial score (nSPS) is 28.2. The van der Waals surface area contributed by atoms with E-state index in [0.717, 1.165) is 0 Å². The first-order chi connectivity index (χ1) is 13.7. The molecule has 0 saturated carbocycles. The minimum Gasteiger partial charge on any atom is -0.414 e. The van der Waals surface area contributed by atoms with Gasteiger partial charge in [-0.15, -0.1) is 0 Å². The Hall–Kier alpha value is 0.194. The number of ether oxygens (including phenoxy) is 4. The molecule has 0 aliphatic carbocycles. The van der Waals surface area contributed by atoms with Crippen molar-refractivity contribution in [2.75, 3.05) is 39.6 Å². The minimum atomic E-state index is -1.73. The van der Waals surface area contributed by atoms with Crippen LogP contribution in [0.25, 0.3) is 0 Å². The first-order valence-electron chi connectivity index (χ1n) is 11.4. The summed E-state index contributed by atoms with van der Waals surface area (Å²) < 4.78 is 36.4. The Morgan fingerprint density at radius 2 is 0.967 bits per heavy atom. The Balaban J connectivity index is 1.68. The van der Waals surface area contributed by atoms with Crippen molar-refractivity contribution in [3.05, 3.63) is 0 Å². The molecule has 0 N–H and O–H groups in total. The second-order valence-corrected chi connectivity index (χ2v) is 21.3. The molecule has 0 aromatic heterocycles. The summed E-state index contributed by atoms with van der Waals surface area (Å²) in [5, 5.41) is 0.421. The average molecular weight is 463 g/mol. The molecular weight excluding hydrogens is 416 g/mol. The second kappa shape index (κ2) is 9.99. The van der Waals surface area contributed by atoms with Crippen molar-refractivity contribution in [2.45, 2.75) is 102 Å². The van der Waals surface area contributed by atoms with Crippen LogP contribution in [0.4, 0.5) is 0 Å². The van der Waals surface area contributed by atoms with Crippen molar-refractivity contribution in [3.63, 3.8) is 0 Å². The van der Waals surface area contributed by atoms with Gasteiger partial charge in [0.15, 0.2) is 16.6 Å². The fraction of sp³-hybridized carbons (Fsp3) is 1.00. The first kappa shape index (κ1) is 26.4. The summed E-state index contributed by atoms with van der Waals surface area (Å²) in [6.07, 6.45) is -0.196. The predicted octanol–water partition coefficient (Wildman–Crippen LogP) is 4.60. The maximum Gasteiger partial charge on any atom is 0.192 e. The summed E-state index contributed by atoms with van der Waals surface area (Å²) in [5.74, 6) is 0. The molecule has 2 aliphatic heterocycles. The van der Waals surface area contributed by atoms with Crippen molar-refractivity contribution in [1.29, 1.82) is 0 Å². The first-order valence-corrected chi connectivity index (χ1v) is 17.2. The van der Waals surface area contributed by atoms with Crippen molar-refractivity contribution < 1.29 is 27.8 Å². The van der Waals surface area contributed by atoms with E-state index >= 15 is 0 Å². The van der Waals surface area contributed by atoms with Gasteiger partial charge in [0, 0.05) is 0 Å². The van der Waals surface area contributed by atoms with Crippen LogP contribution in [0.1, 0.15) is 41.5 Å². The summed E-state index contributed by atoms with van der Waals surface area (Å²) in [7, 11) is -3.47. The largest absolute Gasteiger partial charge is 0.414 e. The average Bonchev–Trinajstić information content (AvgIpc) is 3.16. The van der Waals surface area contributed by atoms with E-state index in [4.69, 9.17) is 27.8 Å². The highest BCUT2D eigenvalue weighted by atomic mass is 28.4. The van der Waals surface area contributed by atoms with Crippen LogP contribution in [0, 0.1) is 0 Å². The van der Waals surface area contributed by atoms with Gasteiger partial charge in [-0.3, -0.25) is 0 Å². The van der Waals surface area contributed by atoms with Crippen LogP contribution in [0.3, 0.4) is 0 Å². The van der Waals surface area contributed by atoms with E-state index in [1.807, 2.05) is 0 Å². The quantitative estimate of drug-likeness (QED) is 0.349. The molecule has 2 saturated heterocycles. The standard InChI is InChI=1S/C22H46O6Si2/c1-21(2,3)29(7,8)27-13-11-23-17-15-25-20-18(16-26-19(17)20)24-12-14-28-30(9,10)22(4,5)6/h17-20H,11-16H2,1-10H3/t17-,18+,19-,20-/m1/s1. The van der Waals surface area contributed by atoms with Gasteiger partial charge in [-0.25, -0.2) is 0 Å². The summed E-state index contributed by atoms with van der Waals surface area (Å²) in [4.78, 5) is 0. The van der Waals surface area contributed by atoms with Crippen LogP contribution in [0.15, 0.2) is 0 Å². The maximum atomic E-state index is 6.20. The molecule has 0 aromatic carbocycles. The van der Waals surface area contributed by atoms with Crippen molar-refractivity contribution >= 4 is 16.6 Å². The third-order valence-corrected chi connectivity index (χ3v) is 16.4. The highest BCUT2D eigenvalue weighted by molar-refractivity contribution is 6.74. The molecular formula is C22H46O6Si2. The Labute approximate surface area is 186 Å². The smallest absolute Gasteiger partial charge is 0.192 e. The summed E-state index contributed by atoms with van der Waals surface area (Å²) in [5.41, 5.74) is 0. The minimum absolute atomic E-state index is 0.0462. The van der Waals surface area contributed by atoms with E-state index in [0.29, 0.717) is 39.6 Å². The third-order valence-electron chi connectivity index (χ3n) is 7.33. The predicted molar refractivity (Wildman–Crippen MR) is 125 cm³/mol. The zero-order valence-electron chi connectivity index (χ0n) is 21.0. The molecule has 2 rings (SSSR count). The lowest BCUT2D eigenvalue weighted by molar-refractivity contribution is -0.0578. The molecule has 0 spiro atoms. The fourth-order valence-electron chi connectivity index (χ4n) is 3.14. The summed E-state index contributed by atoms with van der Waals surface area (Å²) in [6, 6.07) is 0. The van der Waals surface area contributed by atoms with Gasteiger partial charge in [-0.2, -0.15) is 0 Å². The van der Waals surface area contributed by atoms with E-state index in [1.54, 1.807) is 0 Å². The van der Waals surface area contributed by atoms with E-state index in [-0.39, 0.29) is 34.5 Å². The Kier molecular flexibility index (Phi) is 8.81. The molecule has 4 atom stereocenters. The van der Waals surface area contributed by atoms with Gasteiger partial charge in [0.2, 0.25) is 0 Å². The van der Waals surface area contributed by atoms with Crippen molar-refractivity contribution in [2.24, 2.45) is 0 Å². The van der Waals surface area contributed by atoms with Crippen LogP contribution in [0.2, 0.25) is 36.3 Å². The summed E-state index contributed by atoms with van der Waals surface area (Å²) >= 11 is 0. The van der Waals surface area contributed by atoms with Crippen LogP contribution in [-0.4, -0.2) is 80.7 Å². The van der Waals surface area contributed by atoms with E-state index in [9.17, 15) is 0 Å². The molecule has 8 heteroatoms. The molecule has 2 fully saturated rings. The number of fused-ring (bicyclic) bond motifs is 1. The van der Waals surface area contributed by atoms with Crippen LogP contribution in [0.5, 0.6) is 0 Å². The van der Waals surface area contributed by atoms with Gasteiger partial charge in [0.1, 0.15) is 24.4 Å². The zero-order chi connectivity index (χ0) is 22.8. The Morgan fingerprint density at radius 3 is 1.27 bits per heavy atom. The van der Waals surface area contributed by atoms with Crippen molar-refractivity contribution in [3.8, 4) is 0 Å². The molecule has 2 aliphatic rings. The monoisotopic (exact) mass is 462 g/mol. The molecule has 0 amide bonds. The van der Waals surface area contributed by atoms with Crippen LogP contribution in [-0.2, 0) is 27.8 Å². The van der Waals surface area contributed by atoms with E-state index in [1.165, 1.54) is 0 Å². The fourth-order valence-corrected chi connectivity index (χ4v) is 5.19. The van der Waals surface area contributed by atoms with Gasteiger partial charge < -0.3 is 27.8 Å². The molecule has 0 aromatic rings. The van der Waals surface area contributed by atoms with E-state index in [2.05, 4.69) is 67.7 Å². The lowest BCUT2D eigenvalue weighted by atomic mass is 10.1. The van der Waals surface area contributed by atoms with Gasteiger partial charge in [0.05, 0.1) is 39.6 Å². The Morgan fingerprint density at radius 1 is 0.633 bits per heavy atom. The number of hydrogen-bond acceptors (Lipinski definition) is 6.